The summed E-state index contributed by atoms with van der Waals surface area (Å²) in [7, 11) is 0. The van der Waals surface area contributed by atoms with Gasteiger partial charge in [-0.2, -0.15) is 0 Å². The summed E-state index contributed by atoms with van der Waals surface area (Å²) < 4.78 is 16.9. The molecule has 0 aliphatic heterocycles. The lowest BCUT2D eigenvalue weighted by Crippen LogP contribution is -2.30. The van der Waals surface area contributed by atoms with Gasteiger partial charge in [-0.3, -0.25) is 14.4 Å². The average molecular weight is 976 g/mol. The molecule has 0 saturated heterocycles. The van der Waals surface area contributed by atoms with E-state index in [1.807, 2.05) is 0 Å². The largest absolute Gasteiger partial charge is 0.462 e. The Hall–Kier alpha value is -1.59. The third kappa shape index (κ3) is 55.6. The average Bonchev–Trinajstić information content (AvgIpc) is 3.34. The molecule has 6 heteroatoms. The number of carbonyl (C=O) groups is 3. The smallest absolute Gasteiger partial charge is 0.306 e. The monoisotopic (exact) mass is 975 g/mol. The minimum atomic E-state index is -0.763. The second kappa shape index (κ2) is 55.7. The van der Waals surface area contributed by atoms with Crippen LogP contribution in [0.15, 0.2) is 0 Å². The van der Waals surface area contributed by atoms with E-state index in [1.54, 1.807) is 0 Å². The van der Waals surface area contributed by atoms with Gasteiger partial charge in [-0.25, -0.2) is 0 Å². The molecule has 0 heterocycles. The highest BCUT2D eigenvalue weighted by molar-refractivity contribution is 5.71. The number of unbranched alkanes of at least 4 members (excludes halogenated alkanes) is 41. The zero-order chi connectivity index (χ0) is 50.4. The van der Waals surface area contributed by atoms with E-state index in [1.165, 1.54) is 244 Å². The molecule has 0 aromatic rings. The molecule has 69 heavy (non-hydrogen) atoms. The van der Waals surface area contributed by atoms with E-state index < -0.39 is 6.10 Å². The molecule has 0 rings (SSSR count). The first-order chi connectivity index (χ1) is 33.8. The van der Waals surface area contributed by atoms with Crippen LogP contribution in [0.4, 0.5) is 0 Å². The summed E-state index contributed by atoms with van der Waals surface area (Å²) in [6, 6.07) is 0. The first kappa shape index (κ1) is 67.4. The van der Waals surface area contributed by atoms with Crippen LogP contribution in [0.25, 0.3) is 0 Å². The highest BCUT2D eigenvalue weighted by Crippen LogP contribution is 2.19. The Kier molecular flexibility index (Phi) is 54.4. The number of carbonyl (C=O) groups excluding carboxylic acids is 3. The Morgan fingerprint density at radius 2 is 0.551 bits per heavy atom. The lowest BCUT2D eigenvalue weighted by Gasteiger charge is -2.18. The molecule has 0 aliphatic carbocycles. The summed E-state index contributed by atoms with van der Waals surface area (Å²) in [5.74, 6) is 0.920. The number of hydrogen-bond acceptors (Lipinski definition) is 6. The summed E-state index contributed by atoms with van der Waals surface area (Å²) in [5, 5.41) is 0. The number of ether oxygens (including phenoxy) is 3. The Morgan fingerprint density at radius 1 is 0.304 bits per heavy atom. The molecule has 0 fully saturated rings. The van der Waals surface area contributed by atoms with Crippen molar-refractivity contribution in [3.63, 3.8) is 0 Å². The molecule has 0 aromatic carbocycles. The van der Waals surface area contributed by atoms with Gasteiger partial charge in [-0.05, 0) is 31.1 Å². The third-order valence-electron chi connectivity index (χ3n) is 14.8. The second-order valence-corrected chi connectivity index (χ2v) is 22.4. The molecule has 0 N–H and O–H groups in total. The van der Waals surface area contributed by atoms with Crippen molar-refractivity contribution in [3.05, 3.63) is 0 Å². The Morgan fingerprint density at radius 3 is 0.826 bits per heavy atom. The summed E-state index contributed by atoms with van der Waals surface area (Å²) in [6.45, 7) is 11.5. The SMILES string of the molecule is CCCCCCCCCCCCCCC(=O)OC[C@@H](COC(=O)CCCCCCCCCCCCCCCCC(C)C)OC(=O)CCCCCCCCCCCCCCCCCCCCC(C)CC. The van der Waals surface area contributed by atoms with Gasteiger partial charge in [0.15, 0.2) is 6.10 Å². The first-order valence-corrected chi connectivity index (χ1v) is 31.3. The van der Waals surface area contributed by atoms with E-state index in [0.717, 1.165) is 69.6 Å². The number of esters is 3. The normalized spacial score (nSPS) is 12.4. The van der Waals surface area contributed by atoms with Crippen molar-refractivity contribution in [1.29, 1.82) is 0 Å². The maximum absolute atomic E-state index is 12.9. The quantitative estimate of drug-likeness (QED) is 0.0343. The predicted octanol–water partition coefficient (Wildman–Crippen LogP) is 20.8. The van der Waals surface area contributed by atoms with Gasteiger partial charge in [-0.1, -0.05) is 317 Å². The van der Waals surface area contributed by atoms with E-state index >= 15 is 0 Å². The minimum Gasteiger partial charge on any atom is -0.462 e. The Bertz CT molecular complexity index is 1060. The van der Waals surface area contributed by atoms with Gasteiger partial charge in [0.1, 0.15) is 13.2 Å². The van der Waals surface area contributed by atoms with Crippen molar-refractivity contribution in [3.8, 4) is 0 Å². The summed E-state index contributed by atoms with van der Waals surface area (Å²) in [6.07, 6.45) is 61.0. The van der Waals surface area contributed by atoms with Crippen molar-refractivity contribution in [2.75, 3.05) is 13.2 Å². The van der Waals surface area contributed by atoms with Crippen LogP contribution in [-0.2, 0) is 28.6 Å². The van der Waals surface area contributed by atoms with Crippen LogP contribution in [0.5, 0.6) is 0 Å². The van der Waals surface area contributed by atoms with Gasteiger partial charge in [0, 0.05) is 19.3 Å². The molecule has 0 aliphatic rings. The van der Waals surface area contributed by atoms with Crippen LogP contribution >= 0.6 is 0 Å². The van der Waals surface area contributed by atoms with Crippen molar-refractivity contribution in [1.82, 2.24) is 0 Å². The zero-order valence-corrected chi connectivity index (χ0v) is 47.5. The zero-order valence-electron chi connectivity index (χ0n) is 47.5. The van der Waals surface area contributed by atoms with Gasteiger partial charge in [0.25, 0.3) is 0 Å². The van der Waals surface area contributed by atoms with E-state index in [0.29, 0.717) is 19.3 Å². The maximum Gasteiger partial charge on any atom is 0.306 e. The molecule has 2 atom stereocenters. The molecule has 0 bridgehead atoms. The predicted molar refractivity (Wildman–Crippen MR) is 298 cm³/mol. The first-order valence-electron chi connectivity index (χ1n) is 31.3. The van der Waals surface area contributed by atoms with E-state index in [9.17, 15) is 14.4 Å². The summed E-state index contributed by atoms with van der Waals surface area (Å²) in [5.41, 5.74) is 0. The van der Waals surface area contributed by atoms with Crippen LogP contribution in [0.2, 0.25) is 0 Å². The third-order valence-corrected chi connectivity index (χ3v) is 14.8. The number of hydrogen-bond donors (Lipinski definition) is 0. The number of rotatable bonds is 57. The fourth-order valence-corrected chi connectivity index (χ4v) is 9.73. The standard InChI is InChI=1S/C63H122O6/c1-6-8-9-10-11-12-13-28-33-38-43-48-53-61(64)67-56-60(57-68-62(65)54-49-44-39-34-29-24-21-20-22-26-31-36-41-46-51-58(3)4)69-63(66)55-50-45-40-35-30-25-19-17-15-14-16-18-23-27-32-37-42-47-52-59(5)7-2/h58-60H,6-57H2,1-5H3/t59?,60-/m0/s1. The van der Waals surface area contributed by atoms with Crippen molar-refractivity contribution >= 4 is 17.9 Å². The summed E-state index contributed by atoms with van der Waals surface area (Å²) >= 11 is 0. The summed E-state index contributed by atoms with van der Waals surface area (Å²) in [4.78, 5) is 38.2. The van der Waals surface area contributed by atoms with E-state index in [-0.39, 0.29) is 31.1 Å². The Balaban J connectivity index is 4.24. The topological polar surface area (TPSA) is 78.9 Å². The molecule has 0 amide bonds. The van der Waals surface area contributed by atoms with Crippen LogP contribution < -0.4 is 0 Å². The molecule has 0 aromatic heterocycles. The van der Waals surface area contributed by atoms with Crippen LogP contribution in [0.3, 0.4) is 0 Å². The molecule has 1 unspecified atom stereocenters. The lowest BCUT2D eigenvalue weighted by molar-refractivity contribution is -0.167. The second-order valence-electron chi connectivity index (χ2n) is 22.4. The molecular weight excluding hydrogens is 853 g/mol. The fraction of sp³-hybridized carbons (Fsp3) is 0.952. The van der Waals surface area contributed by atoms with Crippen LogP contribution in [-0.4, -0.2) is 37.2 Å². The molecule has 6 nitrogen and oxygen atoms in total. The van der Waals surface area contributed by atoms with E-state index in [4.69, 9.17) is 14.2 Å². The fourth-order valence-electron chi connectivity index (χ4n) is 9.73. The molecule has 0 radical (unpaired) electrons. The van der Waals surface area contributed by atoms with Crippen LogP contribution in [0.1, 0.15) is 356 Å². The van der Waals surface area contributed by atoms with Crippen molar-refractivity contribution < 1.29 is 28.6 Å². The maximum atomic E-state index is 12.9. The van der Waals surface area contributed by atoms with Crippen molar-refractivity contribution in [2.24, 2.45) is 11.8 Å². The van der Waals surface area contributed by atoms with Crippen molar-refractivity contribution in [2.45, 2.75) is 362 Å². The lowest BCUT2D eigenvalue weighted by atomic mass is 9.99. The van der Waals surface area contributed by atoms with Gasteiger partial charge < -0.3 is 14.2 Å². The van der Waals surface area contributed by atoms with Gasteiger partial charge >= 0.3 is 17.9 Å². The van der Waals surface area contributed by atoms with Gasteiger partial charge in [-0.15, -0.1) is 0 Å². The highest BCUT2D eigenvalue weighted by atomic mass is 16.6. The molecular formula is C63H122O6. The van der Waals surface area contributed by atoms with Crippen LogP contribution in [0, 0.1) is 11.8 Å². The molecule has 410 valence electrons. The molecule has 0 spiro atoms. The van der Waals surface area contributed by atoms with Gasteiger partial charge in [0.2, 0.25) is 0 Å². The highest BCUT2D eigenvalue weighted by Gasteiger charge is 2.19. The molecule has 0 saturated carbocycles. The minimum absolute atomic E-state index is 0.0621. The van der Waals surface area contributed by atoms with E-state index in [2.05, 4.69) is 34.6 Å². The Labute approximate surface area is 431 Å². The van der Waals surface area contributed by atoms with Gasteiger partial charge in [0.05, 0.1) is 0 Å².